The summed E-state index contributed by atoms with van der Waals surface area (Å²) in [7, 11) is 1.87. The standard InChI is InChI=1S/C16H19N5O3/c1-12-7-13(9-14(8-12)21(23)24)16(22)20-5-3-19(4-6-20)15-10-17-18(2)11-15/h7-11H,3-6H2,1-2H3. The molecule has 1 aliphatic rings. The van der Waals surface area contributed by atoms with E-state index >= 15 is 0 Å². The van der Waals surface area contributed by atoms with Gasteiger partial charge in [0.1, 0.15) is 0 Å². The third-order valence-electron chi connectivity index (χ3n) is 4.14. The lowest BCUT2D eigenvalue weighted by Crippen LogP contribution is -2.48. The molecule has 2 heterocycles. The molecule has 3 rings (SSSR count). The van der Waals surface area contributed by atoms with Gasteiger partial charge in [0.05, 0.1) is 16.8 Å². The minimum Gasteiger partial charge on any atom is -0.365 e. The highest BCUT2D eigenvalue weighted by atomic mass is 16.6. The summed E-state index contributed by atoms with van der Waals surface area (Å²) in [5.74, 6) is -0.160. The largest absolute Gasteiger partial charge is 0.365 e. The van der Waals surface area contributed by atoms with Crippen LogP contribution in [0.3, 0.4) is 0 Å². The molecule has 1 aromatic carbocycles. The molecule has 0 spiro atoms. The molecule has 1 saturated heterocycles. The van der Waals surface area contributed by atoms with Gasteiger partial charge < -0.3 is 9.80 Å². The van der Waals surface area contributed by atoms with Gasteiger partial charge in [-0.05, 0) is 18.6 Å². The molecular weight excluding hydrogens is 310 g/mol. The monoisotopic (exact) mass is 329 g/mol. The van der Waals surface area contributed by atoms with E-state index in [-0.39, 0.29) is 11.6 Å². The van der Waals surface area contributed by atoms with Gasteiger partial charge in [-0.3, -0.25) is 19.6 Å². The second-order valence-corrected chi connectivity index (χ2v) is 5.97. The number of nitrogens with zero attached hydrogens (tertiary/aromatic N) is 5. The van der Waals surface area contributed by atoms with E-state index in [0.717, 1.165) is 5.69 Å². The number of rotatable bonds is 3. The van der Waals surface area contributed by atoms with Crippen molar-refractivity contribution in [2.75, 3.05) is 31.1 Å². The van der Waals surface area contributed by atoms with Crippen LogP contribution in [0.25, 0.3) is 0 Å². The molecule has 0 atom stereocenters. The van der Waals surface area contributed by atoms with Crippen LogP contribution >= 0.6 is 0 Å². The summed E-state index contributed by atoms with van der Waals surface area (Å²) >= 11 is 0. The zero-order valence-electron chi connectivity index (χ0n) is 13.7. The van der Waals surface area contributed by atoms with Crippen LogP contribution in [0.4, 0.5) is 11.4 Å². The molecule has 2 aromatic rings. The fourth-order valence-corrected chi connectivity index (χ4v) is 2.91. The van der Waals surface area contributed by atoms with Gasteiger partial charge in [-0.15, -0.1) is 0 Å². The predicted octanol–water partition coefficient (Wildman–Crippen LogP) is 1.60. The lowest BCUT2D eigenvalue weighted by molar-refractivity contribution is -0.384. The molecule has 0 saturated carbocycles. The van der Waals surface area contributed by atoms with E-state index in [4.69, 9.17) is 0 Å². The predicted molar refractivity (Wildman–Crippen MR) is 89.2 cm³/mol. The summed E-state index contributed by atoms with van der Waals surface area (Å²) in [5.41, 5.74) is 2.07. The summed E-state index contributed by atoms with van der Waals surface area (Å²) in [6.07, 6.45) is 3.75. The SMILES string of the molecule is Cc1cc(C(=O)N2CCN(c3cnn(C)c3)CC2)cc([N+](=O)[O-])c1. The van der Waals surface area contributed by atoms with Crippen molar-refractivity contribution in [1.82, 2.24) is 14.7 Å². The van der Waals surface area contributed by atoms with Crippen molar-refractivity contribution in [2.24, 2.45) is 7.05 Å². The van der Waals surface area contributed by atoms with E-state index in [0.29, 0.717) is 37.3 Å². The Morgan fingerprint density at radius 2 is 1.92 bits per heavy atom. The normalized spacial score (nSPS) is 14.8. The first kappa shape index (κ1) is 16.0. The van der Waals surface area contributed by atoms with Crippen molar-refractivity contribution in [3.8, 4) is 0 Å². The molecule has 0 N–H and O–H groups in total. The topological polar surface area (TPSA) is 84.5 Å². The van der Waals surface area contributed by atoms with Crippen molar-refractivity contribution in [1.29, 1.82) is 0 Å². The number of aryl methyl sites for hydroxylation is 2. The smallest absolute Gasteiger partial charge is 0.270 e. The quantitative estimate of drug-likeness (QED) is 0.631. The van der Waals surface area contributed by atoms with Gasteiger partial charge in [0.15, 0.2) is 0 Å². The summed E-state index contributed by atoms with van der Waals surface area (Å²) in [4.78, 5) is 27.1. The maximum Gasteiger partial charge on any atom is 0.270 e. The highest BCUT2D eigenvalue weighted by Crippen LogP contribution is 2.20. The molecule has 8 nitrogen and oxygen atoms in total. The van der Waals surface area contributed by atoms with Gasteiger partial charge in [-0.2, -0.15) is 5.10 Å². The first-order chi connectivity index (χ1) is 11.4. The Morgan fingerprint density at radius 3 is 2.50 bits per heavy atom. The summed E-state index contributed by atoms with van der Waals surface area (Å²) in [6, 6.07) is 4.52. The van der Waals surface area contributed by atoms with E-state index in [1.807, 2.05) is 13.2 Å². The third-order valence-corrected chi connectivity index (χ3v) is 4.14. The zero-order valence-corrected chi connectivity index (χ0v) is 13.7. The van der Waals surface area contributed by atoms with Crippen molar-refractivity contribution >= 4 is 17.3 Å². The molecule has 1 fully saturated rings. The van der Waals surface area contributed by atoms with Crippen LogP contribution in [0.1, 0.15) is 15.9 Å². The van der Waals surface area contributed by atoms with Gasteiger partial charge in [0, 0.05) is 57.1 Å². The van der Waals surface area contributed by atoms with Gasteiger partial charge in [0.2, 0.25) is 0 Å². The van der Waals surface area contributed by atoms with Crippen LogP contribution in [0, 0.1) is 17.0 Å². The lowest BCUT2D eigenvalue weighted by atomic mass is 10.1. The average Bonchev–Trinajstić information content (AvgIpc) is 3.00. The Morgan fingerprint density at radius 1 is 1.21 bits per heavy atom. The molecule has 0 unspecified atom stereocenters. The van der Waals surface area contributed by atoms with Crippen LogP contribution in [0.15, 0.2) is 30.6 Å². The number of non-ortho nitro benzene ring substituents is 1. The van der Waals surface area contributed by atoms with Crippen molar-refractivity contribution in [3.63, 3.8) is 0 Å². The van der Waals surface area contributed by atoms with Crippen molar-refractivity contribution in [3.05, 3.63) is 51.8 Å². The molecule has 0 aliphatic carbocycles. The van der Waals surface area contributed by atoms with E-state index in [2.05, 4.69) is 10.00 Å². The van der Waals surface area contributed by atoms with Crippen molar-refractivity contribution < 1.29 is 9.72 Å². The van der Waals surface area contributed by atoms with Crippen LogP contribution in [-0.4, -0.2) is 51.7 Å². The number of hydrogen-bond acceptors (Lipinski definition) is 5. The van der Waals surface area contributed by atoms with E-state index in [9.17, 15) is 14.9 Å². The molecule has 0 radical (unpaired) electrons. The Labute approximate surface area is 139 Å². The number of benzene rings is 1. The number of amides is 1. The van der Waals surface area contributed by atoms with Crippen LogP contribution < -0.4 is 4.90 Å². The number of carbonyl (C=O) groups excluding carboxylic acids is 1. The Hall–Kier alpha value is -2.90. The first-order valence-electron chi connectivity index (χ1n) is 7.73. The zero-order chi connectivity index (χ0) is 17.3. The van der Waals surface area contributed by atoms with E-state index < -0.39 is 4.92 Å². The van der Waals surface area contributed by atoms with Gasteiger partial charge in [-0.25, -0.2) is 0 Å². The maximum absolute atomic E-state index is 12.6. The number of aromatic nitrogens is 2. The van der Waals surface area contributed by atoms with Gasteiger partial charge in [0.25, 0.3) is 11.6 Å². The van der Waals surface area contributed by atoms with Crippen LogP contribution in [0.2, 0.25) is 0 Å². The summed E-state index contributed by atoms with van der Waals surface area (Å²) in [6.45, 7) is 4.34. The van der Waals surface area contributed by atoms with Gasteiger partial charge >= 0.3 is 0 Å². The van der Waals surface area contributed by atoms with Gasteiger partial charge in [-0.1, -0.05) is 0 Å². The molecule has 126 valence electrons. The average molecular weight is 329 g/mol. The second-order valence-electron chi connectivity index (χ2n) is 5.97. The second kappa shape index (κ2) is 6.31. The fraction of sp³-hybridized carbons (Fsp3) is 0.375. The summed E-state index contributed by atoms with van der Waals surface area (Å²) < 4.78 is 1.75. The number of nitro benzene ring substituents is 1. The Balaban J connectivity index is 1.70. The molecule has 1 amide bonds. The highest BCUT2D eigenvalue weighted by Gasteiger charge is 2.24. The molecule has 24 heavy (non-hydrogen) atoms. The molecule has 1 aromatic heterocycles. The molecule has 0 bridgehead atoms. The van der Waals surface area contributed by atoms with Crippen LogP contribution in [-0.2, 0) is 7.05 Å². The number of nitro groups is 1. The molecule has 1 aliphatic heterocycles. The first-order valence-corrected chi connectivity index (χ1v) is 7.73. The number of hydrogen-bond donors (Lipinski definition) is 0. The van der Waals surface area contributed by atoms with E-state index in [1.54, 1.807) is 28.8 Å². The third kappa shape index (κ3) is 3.22. The number of carbonyl (C=O) groups is 1. The van der Waals surface area contributed by atoms with E-state index in [1.165, 1.54) is 12.1 Å². The molecular formula is C16H19N5O3. The van der Waals surface area contributed by atoms with Crippen LogP contribution in [0.5, 0.6) is 0 Å². The number of anilines is 1. The molecule has 8 heteroatoms. The Kier molecular flexibility index (Phi) is 4.20. The number of piperazine rings is 1. The minimum atomic E-state index is -0.468. The maximum atomic E-state index is 12.6. The summed E-state index contributed by atoms with van der Waals surface area (Å²) in [5, 5.41) is 15.1. The lowest BCUT2D eigenvalue weighted by Gasteiger charge is -2.35. The minimum absolute atomic E-state index is 0.0488. The highest BCUT2D eigenvalue weighted by molar-refractivity contribution is 5.95. The Bertz CT molecular complexity index is 778. The van der Waals surface area contributed by atoms with Crippen molar-refractivity contribution in [2.45, 2.75) is 6.92 Å². The fourth-order valence-electron chi connectivity index (χ4n) is 2.91.